The number of unbranched alkanes of at least 4 members (excludes halogenated alkanes) is 24. The summed E-state index contributed by atoms with van der Waals surface area (Å²) in [6, 6.07) is 0. The summed E-state index contributed by atoms with van der Waals surface area (Å²) in [7, 11) is 0. The van der Waals surface area contributed by atoms with E-state index in [2.05, 4.69) is 20.8 Å². The van der Waals surface area contributed by atoms with E-state index in [9.17, 15) is 15.3 Å². The minimum absolute atomic E-state index is 0.324. The van der Waals surface area contributed by atoms with Crippen LogP contribution >= 0.6 is 0 Å². The van der Waals surface area contributed by atoms with E-state index >= 15 is 0 Å². The van der Waals surface area contributed by atoms with Gasteiger partial charge < -0.3 is 15.3 Å². The van der Waals surface area contributed by atoms with Crippen molar-refractivity contribution in [3.05, 3.63) is 0 Å². The molecule has 0 amide bonds. The van der Waals surface area contributed by atoms with Crippen LogP contribution in [0, 0.1) is 0 Å². The quantitative estimate of drug-likeness (QED) is 0.0724. The van der Waals surface area contributed by atoms with Crippen LogP contribution in [-0.2, 0) is 0 Å². The molecule has 0 aliphatic carbocycles. The van der Waals surface area contributed by atoms with Crippen molar-refractivity contribution < 1.29 is 15.3 Å². The van der Waals surface area contributed by atoms with Crippen LogP contribution in [-0.4, -0.2) is 33.1 Å². The van der Waals surface area contributed by atoms with Crippen molar-refractivity contribution >= 4 is 0 Å². The molecule has 3 nitrogen and oxygen atoms in total. The van der Waals surface area contributed by atoms with Gasteiger partial charge in [-0.05, 0) is 19.3 Å². The molecule has 0 aliphatic heterocycles. The molecule has 1 atom stereocenters. The Hall–Kier alpha value is -0.120. The van der Waals surface area contributed by atoms with Crippen LogP contribution in [0.1, 0.15) is 213 Å². The third-order valence-electron chi connectivity index (χ3n) is 9.21. The Morgan fingerprint density at radius 1 is 0.308 bits per heavy atom. The Balaban J connectivity index is 4.60. The Morgan fingerprint density at radius 2 is 0.513 bits per heavy atom. The van der Waals surface area contributed by atoms with Crippen molar-refractivity contribution in [1.29, 1.82) is 0 Å². The maximum absolute atomic E-state index is 11.8. The molecule has 0 heterocycles. The molecule has 0 fully saturated rings. The molecule has 0 spiro atoms. The van der Waals surface area contributed by atoms with Gasteiger partial charge in [0.2, 0.25) is 0 Å². The van der Waals surface area contributed by atoms with Gasteiger partial charge in [-0.1, -0.05) is 194 Å². The smallest absolute Gasteiger partial charge is 0.116 e. The molecule has 1 unspecified atom stereocenters. The lowest BCUT2D eigenvalue weighted by Crippen LogP contribution is -2.56. The van der Waals surface area contributed by atoms with Gasteiger partial charge in [-0.2, -0.15) is 0 Å². The molecular formula is C36H74O3. The lowest BCUT2D eigenvalue weighted by molar-refractivity contribution is -0.185. The zero-order valence-electron chi connectivity index (χ0n) is 27.3. The molecular weight excluding hydrogens is 480 g/mol. The normalized spacial score (nSPS) is 13.7. The summed E-state index contributed by atoms with van der Waals surface area (Å²) in [6.07, 6.45) is 35.3. The zero-order valence-corrected chi connectivity index (χ0v) is 27.3. The first-order valence-corrected chi connectivity index (χ1v) is 18.0. The van der Waals surface area contributed by atoms with Gasteiger partial charge in [-0.3, -0.25) is 0 Å². The van der Waals surface area contributed by atoms with Crippen LogP contribution < -0.4 is 0 Å². The minimum atomic E-state index is -1.37. The molecule has 0 aromatic heterocycles. The number of hydrogen-bond donors (Lipinski definition) is 3. The first-order chi connectivity index (χ1) is 19.0. The van der Waals surface area contributed by atoms with Crippen molar-refractivity contribution in [2.75, 3.05) is 6.61 Å². The second kappa shape index (κ2) is 28.0. The highest BCUT2D eigenvalue weighted by Crippen LogP contribution is 2.37. The van der Waals surface area contributed by atoms with Gasteiger partial charge >= 0.3 is 0 Å². The van der Waals surface area contributed by atoms with E-state index in [1.54, 1.807) is 0 Å². The summed E-state index contributed by atoms with van der Waals surface area (Å²) in [4.78, 5) is 0. The fraction of sp³-hybridized carbons (Fsp3) is 1.00. The van der Waals surface area contributed by atoms with Crippen LogP contribution in [0.15, 0.2) is 0 Å². The molecule has 3 N–H and O–H groups in total. The highest BCUT2D eigenvalue weighted by molar-refractivity contribution is 4.99. The first kappa shape index (κ1) is 38.9. The van der Waals surface area contributed by atoms with Gasteiger partial charge in [0.15, 0.2) is 0 Å². The fourth-order valence-electron chi connectivity index (χ4n) is 6.23. The van der Waals surface area contributed by atoms with E-state index in [0.717, 1.165) is 38.5 Å². The Morgan fingerprint density at radius 3 is 0.744 bits per heavy atom. The monoisotopic (exact) mass is 555 g/mol. The largest absolute Gasteiger partial charge is 0.393 e. The summed E-state index contributed by atoms with van der Waals surface area (Å²) in [6.45, 7) is 6.46. The third kappa shape index (κ3) is 21.3. The lowest BCUT2D eigenvalue weighted by atomic mass is 9.73. The Bertz CT molecular complexity index is 458. The highest BCUT2D eigenvalue weighted by Gasteiger charge is 2.47. The molecule has 39 heavy (non-hydrogen) atoms. The number of hydrogen-bond acceptors (Lipinski definition) is 3. The van der Waals surface area contributed by atoms with Gasteiger partial charge in [0, 0.05) is 0 Å². The van der Waals surface area contributed by atoms with Crippen LogP contribution in [0.5, 0.6) is 0 Å². The van der Waals surface area contributed by atoms with Crippen molar-refractivity contribution in [3.8, 4) is 0 Å². The highest BCUT2D eigenvalue weighted by atomic mass is 16.4. The zero-order chi connectivity index (χ0) is 28.9. The maximum atomic E-state index is 11.8. The summed E-state index contributed by atoms with van der Waals surface area (Å²) >= 11 is 0. The predicted molar refractivity (Wildman–Crippen MR) is 173 cm³/mol. The van der Waals surface area contributed by atoms with Crippen LogP contribution in [0.3, 0.4) is 0 Å². The standard InChI is InChI=1S/C36H74O3/c1-4-7-10-13-16-19-22-25-28-31-35(38,32-29-26-23-20-17-14-11-8-5-2)36(39,34-37)33-30-27-24-21-18-15-12-9-6-3/h37-39H,4-34H2,1-3H3. The van der Waals surface area contributed by atoms with Gasteiger partial charge in [-0.25, -0.2) is 0 Å². The van der Waals surface area contributed by atoms with E-state index in [1.165, 1.54) is 135 Å². The van der Waals surface area contributed by atoms with Crippen LogP contribution in [0.25, 0.3) is 0 Å². The first-order valence-electron chi connectivity index (χ1n) is 18.0. The van der Waals surface area contributed by atoms with Crippen molar-refractivity contribution in [1.82, 2.24) is 0 Å². The summed E-state index contributed by atoms with van der Waals surface area (Å²) in [5.74, 6) is 0. The van der Waals surface area contributed by atoms with E-state index in [0.29, 0.717) is 19.3 Å². The van der Waals surface area contributed by atoms with Gasteiger partial charge in [0.25, 0.3) is 0 Å². The van der Waals surface area contributed by atoms with Crippen molar-refractivity contribution in [2.45, 2.75) is 225 Å². The topological polar surface area (TPSA) is 60.7 Å². The van der Waals surface area contributed by atoms with Crippen LogP contribution in [0.4, 0.5) is 0 Å². The molecule has 0 aliphatic rings. The molecule has 0 saturated heterocycles. The summed E-state index contributed by atoms with van der Waals surface area (Å²) in [5.41, 5.74) is -2.53. The van der Waals surface area contributed by atoms with E-state index in [1.807, 2.05) is 0 Å². The molecule has 0 radical (unpaired) electrons. The molecule has 0 saturated carbocycles. The number of rotatable bonds is 32. The second-order valence-electron chi connectivity index (χ2n) is 13.0. The SMILES string of the molecule is CCCCCCCCCCCC(O)(CO)C(O)(CCCCCCCCCCC)CCCCCCCCCCC. The maximum Gasteiger partial charge on any atom is 0.116 e. The summed E-state index contributed by atoms with van der Waals surface area (Å²) in [5, 5.41) is 33.7. The lowest BCUT2D eigenvalue weighted by Gasteiger charge is -2.43. The molecule has 236 valence electrons. The Kier molecular flexibility index (Phi) is 27.9. The average Bonchev–Trinajstić information content (AvgIpc) is 2.94. The fourth-order valence-corrected chi connectivity index (χ4v) is 6.23. The Labute approximate surface area is 246 Å². The third-order valence-corrected chi connectivity index (χ3v) is 9.21. The molecule has 0 rings (SSSR count). The van der Waals surface area contributed by atoms with Crippen LogP contribution in [0.2, 0.25) is 0 Å². The van der Waals surface area contributed by atoms with E-state index in [4.69, 9.17) is 0 Å². The second-order valence-corrected chi connectivity index (χ2v) is 13.0. The van der Waals surface area contributed by atoms with Gasteiger partial charge in [-0.15, -0.1) is 0 Å². The molecule has 3 heteroatoms. The van der Waals surface area contributed by atoms with E-state index < -0.39 is 11.2 Å². The minimum Gasteiger partial charge on any atom is -0.393 e. The van der Waals surface area contributed by atoms with E-state index in [-0.39, 0.29) is 6.61 Å². The van der Waals surface area contributed by atoms with Crippen molar-refractivity contribution in [2.24, 2.45) is 0 Å². The average molecular weight is 555 g/mol. The van der Waals surface area contributed by atoms with Crippen molar-refractivity contribution in [3.63, 3.8) is 0 Å². The summed E-state index contributed by atoms with van der Waals surface area (Å²) < 4.78 is 0. The van der Waals surface area contributed by atoms with Gasteiger partial charge in [0.05, 0.1) is 12.2 Å². The molecule has 0 aromatic rings. The molecule has 0 bridgehead atoms. The number of aliphatic hydroxyl groups is 3. The predicted octanol–water partition coefficient (Wildman–Crippen LogP) is 11.2. The van der Waals surface area contributed by atoms with Gasteiger partial charge in [0.1, 0.15) is 5.60 Å². The molecule has 0 aromatic carbocycles. The number of aliphatic hydroxyl groups excluding tert-OH is 1.